The van der Waals surface area contributed by atoms with Crippen molar-refractivity contribution in [1.82, 2.24) is 19.5 Å². The molecule has 2 bridgehead atoms. The van der Waals surface area contributed by atoms with E-state index in [4.69, 9.17) is 39.8 Å². The standard InChI is InChI=1S/C29H32Cl2N8O/c1-34-20-9-10-21-18(12-20)6-4-2-3-5-7-26(29-35-15-24(21)37-29)38-17-36-23(14-28(38)40)22-13-19(30)8-11-25(22)39(33)16-27(31)32/h8-17,26,34H,2-7,32-33H2,1H3,(H,35,37)/b27-16-. The topological polar surface area (TPSA) is 131 Å². The molecule has 3 heterocycles. The van der Waals surface area contributed by atoms with Crippen molar-refractivity contribution >= 4 is 34.6 Å². The molecule has 4 aromatic rings. The number of hydrogen-bond acceptors (Lipinski definition) is 7. The fraction of sp³-hybridized carbons (Fsp3) is 0.276. The van der Waals surface area contributed by atoms with Gasteiger partial charge < -0.3 is 16.0 Å². The van der Waals surface area contributed by atoms with Crippen LogP contribution in [0.15, 0.2) is 71.1 Å². The molecule has 2 aromatic heterocycles. The van der Waals surface area contributed by atoms with E-state index >= 15 is 0 Å². The number of nitrogens with zero attached hydrogens (tertiary/aromatic N) is 4. The third kappa shape index (κ3) is 6.01. The van der Waals surface area contributed by atoms with Crippen molar-refractivity contribution in [1.29, 1.82) is 0 Å². The van der Waals surface area contributed by atoms with Gasteiger partial charge in [0.25, 0.3) is 5.56 Å². The van der Waals surface area contributed by atoms with Gasteiger partial charge in [0, 0.05) is 35.0 Å². The number of aromatic amines is 1. The molecule has 9 nitrogen and oxygen atoms in total. The van der Waals surface area contributed by atoms with Crippen molar-refractivity contribution < 1.29 is 0 Å². The van der Waals surface area contributed by atoms with E-state index in [0.29, 0.717) is 22.0 Å². The molecule has 208 valence electrons. The summed E-state index contributed by atoms with van der Waals surface area (Å²) in [6.45, 7) is 0. The van der Waals surface area contributed by atoms with Crippen molar-refractivity contribution in [2.75, 3.05) is 17.4 Å². The molecule has 5 rings (SSSR count). The molecule has 0 saturated carbocycles. The van der Waals surface area contributed by atoms with Crippen LogP contribution in [0.25, 0.3) is 22.5 Å². The molecule has 0 saturated heterocycles. The molecule has 40 heavy (non-hydrogen) atoms. The van der Waals surface area contributed by atoms with E-state index in [1.807, 2.05) is 13.2 Å². The summed E-state index contributed by atoms with van der Waals surface area (Å²) in [5.41, 5.74) is 11.4. The molecule has 0 fully saturated rings. The van der Waals surface area contributed by atoms with E-state index in [9.17, 15) is 4.79 Å². The molecule has 0 spiro atoms. The zero-order chi connectivity index (χ0) is 28.2. The van der Waals surface area contributed by atoms with Gasteiger partial charge in [-0.3, -0.25) is 14.4 Å². The second-order valence-corrected chi connectivity index (χ2v) is 10.7. The number of imidazole rings is 1. The number of H-pyrrole nitrogens is 1. The van der Waals surface area contributed by atoms with Crippen molar-refractivity contribution in [3.63, 3.8) is 0 Å². The first-order valence-corrected chi connectivity index (χ1v) is 14.0. The molecule has 1 aliphatic heterocycles. The molecular weight excluding hydrogens is 547 g/mol. The predicted octanol–water partition coefficient (Wildman–Crippen LogP) is 5.77. The van der Waals surface area contributed by atoms with Gasteiger partial charge in [0.15, 0.2) is 0 Å². The number of aryl methyl sites for hydroxylation is 1. The Bertz CT molecular complexity index is 1590. The molecule has 1 atom stereocenters. The highest BCUT2D eigenvalue weighted by molar-refractivity contribution is 6.31. The van der Waals surface area contributed by atoms with Crippen LogP contribution in [0.4, 0.5) is 11.4 Å². The number of nitrogens with two attached hydrogens (primary N) is 2. The minimum atomic E-state index is -0.286. The Morgan fingerprint density at radius 2 is 1.95 bits per heavy atom. The minimum absolute atomic E-state index is 0.0113. The molecule has 0 aliphatic carbocycles. The van der Waals surface area contributed by atoms with Crippen LogP contribution in [0.3, 0.4) is 0 Å². The lowest BCUT2D eigenvalue weighted by molar-refractivity contribution is 0.464. The summed E-state index contributed by atoms with van der Waals surface area (Å²) < 4.78 is 1.64. The van der Waals surface area contributed by atoms with E-state index in [2.05, 4.69) is 33.5 Å². The number of halogens is 2. The molecule has 0 radical (unpaired) electrons. The maximum absolute atomic E-state index is 13.6. The average molecular weight is 580 g/mol. The van der Waals surface area contributed by atoms with Gasteiger partial charge in [0.2, 0.25) is 0 Å². The van der Waals surface area contributed by atoms with Crippen LogP contribution in [-0.2, 0) is 6.42 Å². The van der Waals surface area contributed by atoms with Crippen LogP contribution >= 0.6 is 23.2 Å². The first-order chi connectivity index (χ1) is 19.3. The number of fused-ring (bicyclic) bond motifs is 4. The first kappa shape index (κ1) is 27.8. The highest BCUT2D eigenvalue weighted by atomic mass is 35.5. The molecule has 6 N–H and O–H groups in total. The molecule has 2 aromatic carbocycles. The number of rotatable bonds is 5. The maximum atomic E-state index is 13.6. The molecule has 1 aliphatic rings. The summed E-state index contributed by atoms with van der Waals surface area (Å²) in [6, 6.07) is 12.7. The lowest BCUT2D eigenvalue weighted by Gasteiger charge is -2.20. The van der Waals surface area contributed by atoms with Crippen molar-refractivity contribution in [3.05, 3.63) is 93.1 Å². The first-order valence-electron chi connectivity index (χ1n) is 13.2. The summed E-state index contributed by atoms with van der Waals surface area (Å²) >= 11 is 12.1. The summed E-state index contributed by atoms with van der Waals surface area (Å²) in [5.74, 6) is 6.88. The van der Waals surface area contributed by atoms with Crippen molar-refractivity contribution in [2.24, 2.45) is 11.6 Å². The van der Waals surface area contributed by atoms with Gasteiger partial charge in [-0.15, -0.1) is 0 Å². The Kier molecular flexibility index (Phi) is 8.44. The van der Waals surface area contributed by atoms with E-state index in [1.54, 1.807) is 29.1 Å². The third-order valence-corrected chi connectivity index (χ3v) is 7.55. The summed E-state index contributed by atoms with van der Waals surface area (Å²) in [7, 11) is 1.93. The van der Waals surface area contributed by atoms with Gasteiger partial charge in [-0.25, -0.2) is 15.8 Å². The number of benzene rings is 2. The largest absolute Gasteiger partial charge is 0.388 e. The fourth-order valence-electron chi connectivity index (χ4n) is 5.21. The Hall–Kier alpha value is -3.79. The van der Waals surface area contributed by atoms with Gasteiger partial charge in [0.05, 0.1) is 41.8 Å². The van der Waals surface area contributed by atoms with Gasteiger partial charge in [0.1, 0.15) is 11.0 Å². The Balaban J connectivity index is 1.53. The lowest BCUT2D eigenvalue weighted by atomic mass is 9.97. The second-order valence-electron chi connectivity index (χ2n) is 9.88. The quantitative estimate of drug-likeness (QED) is 0.134. The lowest BCUT2D eigenvalue weighted by Crippen LogP contribution is -2.27. The summed E-state index contributed by atoms with van der Waals surface area (Å²) in [6.07, 6.45) is 10.8. The number of anilines is 2. The Labute approximate surface area is 242 Å². The highest BCUT2D eigenvalue weighted by Gasteiger charge is 2.22. The second kappa shape index (κ2) is 12.2. The molecular formula is C29H32Cl2N8O. The Morgan fingerprint density at radius 3 is 2.73 bits per heavy atom. The molecule has 0 amide bonds. The zero-order valence-electron chi connectivity index (χ0n) is 22.2. The average Bonchev–Trinajstić information content (AvgIpc) is 3.41. The summed E-state index contributed by atoms with van der Waals surface area (Å²) in [5, 5.41) is 5.00. The summed E-state index contributed by atoms with van der Waals surface area (Å²) in [4.78, 5) is 26.4. The number of hydrogen-bond donors (Lipinski definition) is 4. The highest BCUT2D eigenvalue weighted by Crippen LogP contribution is 2.33. The zero-order valence-corrected chi connectivity index (χ0v) is 23.7. The SMILES string of the molecule is CNc1ccc2c(c1)CCCCCCC(n1cnc(-c3cc(Cl)ccc3N(N)/C=C(\N)Cl)cc1=O)c1ncc-2[nH]1. The number of hydrazine groups is 1. The fourth-order valence-corrected chi connectivity index (χ4v) is 5.49. The van der Waals surface area contributed by atoms with Crippen LogP contribution in [0, 0.1) is 0 Å². The third-order valence-electron chi connectivity index (χ3n) is 7.22. The van der Waals surface area contributed by atoms with E-state index in [0.717, 1.165) is 61.3 Å². The minimum Gasteiger partial charge on any atom is -0.388 e. The van der Waals surface area contributed by atoms with Crippen LogP contribution in [-0.4, -0.2) is 26.6 Å². The van der Waals surface area contributed by atoms with E-state index in [1.165, 1.54) is 22.8 Å². The van der Waals surface area contributed by atoms with E-state index in [-0.39, 0.29) is 16.8 Å². The van der Waals surface area contributed by atoms with Crippen molar-refractivity contribution in [3.8, 4) is 22.5 Å². The van der Waals surface area contributed by atoms with Crippen LogP contribution in [0.5, 0.6) is 0 Å². The normalized spacial score (nSPS) is 16.0. The number of aromatic nitrogens is 4. The van der Waals surface area contributed by atoms with Crippen LogP contribution in [0.2, 0.25) is 5.02 Å². The monoisotopic (exact) mass is 578 g/mol. The number of nitrogens with one attached hydrogen (secondary N) is 2. The maximum Gasteiger partial charge on any atom is 0.254 e. The predicted molar refractivity (Wildman–Crippen MR) is 162 cm³/mol. The van der Waals surface area contributed by atoms with Crippen LogP contribution in [0.1, 0.15) is 49.5 Å². The van der Waals surface area contributed by atoms with Gasteiger partial charge in [-0.1, -0.05) is 48.5 Å². The van der Waals surface area contributed by atoms with Gasteiger partial charge in [-0.05, 0) is 55.2 Å². The Morgan fingerprint density at radius 1 is 1.12 bits per heavy atom. The van der Waals surface area contributed by atoms with E-state index < -0.39 is 0 Å². The molecule has 1 unspecified atom stereocenters. The smallest absolute Gasteiger partial charge is 0.254 e. The van der Waals surface area contributed by atoms with Crippen LogP contribution < -0.4 is 27.5 Å². The van der Waals surface area contributed by atoms with Gasteiger partial charge in [-0.2, -0.15) is 0 Å². The van der Waals surface area contributed by atoms with Gasteiger partial charge >= 0.3 is 0 Å². The van der Waals surface area contributed by atoms with Crippen molar-refractivity contribution in [2.45, 2.75) is 44.6 Å². The molecule has 11 heteroatoms.